The van der Waals surface area contributed by atoms with E-state index >= 15 is 0 Å². The lowest BCUT2D eigenvalue weighted by Gasteiger charge is -2.13. The van der Waals surface area contributed by atoms with Crippen LogP contribution in [-0.4, -0.2) is 18.5 Å². The van der Waals surface area contributed by atoms with E-state index in [9.17, 15) is 4.79 Å². The van der Waals surface area contributed by atoms with Crippen molar-refractivity contribution < 1.29 is 14.3 Å². The molecule has 1 rings (SSSR count). The van der Waals surface area contributed by atoms with Gasteiger partial charge in [0.05, 0.1) is 6.61 Å². The zero-order valence-corrected chi connectivity index (χ0v) is 10.0. The highest BCUT2D eigenvalue weighted by Crippen LogP contribution is 2.18. The van der Waals surface area contributed by atoms with Crippen LogP contribution >= 0.6 is 0 Å². The third kappa shape index (κ3) is 3.57. The zero-order chi connectivity index (χ0) is 12.0. The van der Waals surface area contributed by atoms with Crippen LogP contribution in [0.25, 0.3) is 0 Å². The van der Waals surface area contributed by atoms with E-state index in [1.54, 1.807) is 6.92 Å². The molecular weight excluding hydrogens is 204 g/mol. The fraction of sp³-hybridized carbons (Fsp3) is 0.462. The van der Waals surface area contributed by atoms with Crippen LogP contribution in [0.4, 0.5) is 0 Å². The highest BCUT2D eigenvalue weighted by Gasteiger charge is 2.11. The summed E-state index contributed by atoms with van der Waals surface area (Å²) in [6.45, 7) is 6.18. The first kappa shape index (κ1) is 12.6. The van der Waals surface area contributed by atoms with Gasteiger partial charge in [0.1, 0.15) is 11.5 Å². The molecule has 0 fully saturated rings. The van der Waals surface area contributed by atoms with Gasteiger partial charge in [0.25, 0.3) is 0 Å². The quantitative estimate of drug-likeness (QED) is 0.742. The lowest BCUT2D eigenvalue weighted by atomic mass is 10.2. The van der Waals surface area contributed by atoms with E-state index in [4.69, 9.17) is 9.47 Å². The molecule has 0 amide bonds. The largest absolute Gasteiger partial charge is 0.494 e. The number of carbonyl (C=O) groups is 1. The van der Waals surface area contributed by atoms with Crippen LogP contribution in [0.3, 0.4) is 0 Å². The van der Waals surface area contributed by atoms with Gasteiger partial charge >= 0.3 is 0 Å². The Morgan fingerprint density at radius 3 is 2.25 bits per heavy atom. The van der Waals surface area contributed by atoms with E-state index in [-0.39, 0.29) is 11.9 Å². The predicted octanol–water partition coefficient (Wildman–Crippen LogP) is 2.83. The fourth-order valence-corrected chi connectivity index (χ4v) is 1.34. The minimum Gasteiger partial charge on any atom is -0.494 e. The molecule has 0 heterocycles. The van der Waals surface area contributed by atoms with Gasteiger partial charge in [-0.25, -0.2) is 0 Å². The second-order valence-electron chi connectivity index (χ2n) is 3.48. The number of hydrogen-bond acceptors (Lipinski definition) is 3. The maximum atomic E-state index is 11.3. The third-order valence-corrected chi connectivity index (χ3v) is 2.25. The second kappa shape index (κ2) is 6.16. The topological polar surface area (TPSA) is 35.5 Å². The molecule has 0 aliphatic heterocycles. The van der Waals surface area contributed by atoms with E-state index in [0.717, 1.165) is 5.75 Å². The summed E-state index contributed by atoms with van der Waals surface area (Å²) in [7, 11) is 0. The maximum absolute atomic E-state index is 11.3. The van der Waals surface area contributed by atoms with Crippen LogP contribution in [0, 0.1) is 0 Å². The van der Waals surface area contributed by atoms with Crippen molar-refractivity contribution in [3.05, 3.63) is 24.3 Å². The van der Waals surface area contributed by atoms with Crippen LogP contribution < -0.4 is 9.47 Å². The maximum Gasteiger partial charge on any atom is 0.172 e. The molecule has 0 N–H and O–H groups in total. The van der Waals surface area contributed by atoms with Crippen molar-refractivity contribution in [2.24, 2.45) is 0 Å². The summed E-state index contributed by atoms with van der Waals surface area (Å²) in [5, 5.41) is 0. The second-order valence-corrected chi connectivity index (χ2v) is 3.48. The van der Waals surface area contributed by atoms with Crippen LogP contribution in [0.5, 0.6) is 11.5 Å². The Morgan fingerprint density at radius 2 is 1.75 bits per heavy atom. The van der Waals surface area contributed by atoms with Crippen molar-refractivity contribution in [3.8, 4) is 11.5 Å². The predicted molar refractivity (Wildman–Crippen MR) is 63.0 cm³/mol. The fourth-order valence-electron chi connectivity index (χ4n) is 1.34. The van der Waals surface area contributed by atoms with Crippen molar-refractivity contribution in [1.29, 1.82) is 0 Å². The van der Waals surface area contributed by atoms with Gasteiger partial charge in [-0.1, -0.05) is 6.92 Å². The van der Waals surface area contributed by atoms with Crippen molar-refractivity contribution in [2.45, 2.75) is 33.3 Å². The van der Waals surface area contributed by atoms with E-state index in [1.807, 2.05) is 38.1 Å². The van der Waals surface area contributed by atoms with Gasteiger partial charge in [0.15, 0.2) is 11.9 Å². The van der Waals surface area contributed by atoms with Gasteiger partial charge in [-0.15, -0.1) is 0 Å². The minimum atomic E-state index is -0.386. The Labute approximate surface area is 96.4 Å². The number of hydrogen-bond donors (Lipinski definition) is 0. The molecule has 16 heavy (non-hydrogen) atoms. The highest BCUT2D eigenvalue weighted by atomic mass is 16.5. The molecule has 1 aromatic rings. The number of rotatable bonds is 6. The van der Waals surface area contributed by atoms with Gasteiger partial charge < -0.3 is 9.47 Å². The minimum absolute atomic E-state index is 0.105. The number of ether oxygens (including phenoxy) is 2. The molecular formula is C13H18O3. The van der Waals surface area contributed by atoms with E-state index in [0.29, 0.717) is 18.8 Å². The van der Waals surface area contributed by atoms with Crippen LogP contribution in [0.15, 0.2) is 24.3 Å². The molecule has 1 atom stereocenters. The van der Waals surface area contributed by atoms with E-state index in [2.05, 4.69) is 0 Å². The standard InChI is InChI=1S/C13H18O3/c1-4-13(14)10(3)16-12-8-6-11(7-9-12)15-5-2/h6-10H,4-5H2,1-3H3. The monoisotopic (exact) mass is 222 g/mol. The lowest BCUT2D eigenvalue weighted by Crippen LogP contribution is -2.22. The summed E-state index contributed by atoms with van der Waals surface area (Å²) < 4.78 is 10.8. The summed E-state index contributed by atoms with van der Waals surface area (Å²) in [5.41, 5.74) is 0. The van der Waals surface area contributed by atoms with E-state index in [1.165, 1.54) is 0 Å². The van der Waals surface area contributed by atoms with Crippen molar-refractivity contribution in [1.82, 2.24) is 0 Å². The molecule has 0 radical (unpaired) electrons. The smallest absolute Gasteiger partial charge is 0.172 e. The van der Waals surface area contributed by atoms with Gasteiger partial charge in [-0.05, 0) is 38.1 Å². The zero-order valence-electron chi connectivity index (χ0n) is 10.0. The Bertz CT molecular complexity index is 330. The lowest BCUT2D eigenvalue weighted by molar-refractivity contribution is -0.124. The van der Waals surface area contributed by atoms with Crippen LogP contribution in [0.1, 0.15) is 27.2 Å². The number of ketones is 1. The third-order valence-electron chi connectivity index (χ3n) is 2.25. The van der Waals surface area contributed by atoms with Crippen molar-refractivity contribution in [2.75, 3.05) is 6.61 Å². The Hall–Kier alpha value is -1.51. The normalized spacial score (nSPS) is 11.9. The molecule has 0 saturated heterocycles. The summed E-state index contributed by atoms with van der Waals surface area (Å²) >= 11 is 0. The molecule has 3 nitrogen and oxygen atoms in total. The molecule has 0 spiro atoms. The SMILES string of the molecule is CCOc1ccc(OC(C)C(=O)CC)cc1. The summed E-state index contributed by atoms with van der Waals surface area (Å²) in [4.78, 5) is 11.3. The molecule has 88 valence electrons. The van der Waals surface area contributed by atoms with Gasteiger partial charge in [-0.2, -0.15) is 0 Å². The average molecular weight is 222 g/mol. The van der Waals surface area contributed by atoms with Gasteiger partial charge in [0.2, 0.25) is 0 Å². The first-order valence-electron chi connectivity index (χ1n) is 5.59. The van der Waals surface area contributed by atoms with Crippen LogP contribution in [0.2, 0.25) is 0 Å². The van der Waals surface area contributed by atoms with Crippen LogP contribution in [-0.2, 0) is 4.79 Å². The highest BCUT2D eigenvalue weighted by molar-refractivity contribution is 5.82. The molecule has 0 bridgehead atoms. The molecule has 1 aromatic carbocycles. The van der Waals surface area contributed by atoms with Crippen molar-refractivity contribution in [3.63, 3.8) is 0 Å². The molecule has 0 aliphatic rings. The first-order valence-corrected chi connectivity index (χ1v) is 5.59. The molecule has 0 aromatic heterocycles. The number of carbonyl (C=O) groups excluding carboxylic acids is 1. The summed E-state index contributed by atoms with van der Waals surface area (Å²) in [6, 6.07) is 7.29. The van der Waals surface area contributed by atoms with Crippen molar-refractivity contribution >= 4 is 5.78 Å². The Morgan fingerprint density at radius 1 is 1.19 bits per heavy atom. The van der Waals surface area contributed by atoms with Gasteiger partial charge in [-0.3, -0.25) is 4.79 Å². The summed E-state index contributed by atoms with van der Waals surface area (Å²) in [5.74, 6) is 1.61. The van der Waals surface area contributed by atoms with E-state index < -0.39 is 0 Å². The first-order chi connectivity index (χ1) is 7.67. The molecule has 0 saturated carbocycles. The average Bonchev–Trinajstić information content (AvgIpc) is 2.31. The Kier molecular flexibility index (Phi) is 4.83. The molecule has 1 unspecified atom stereocenters. The Balaban J connectivity index is 2.58. The number of Topliss-reactive ketones (excluding diaryl/α,β-unsaturated/α-hetero) is 1. The summed E-state index contributed by atoms with van der Waals surface area (Å²) in [6.07, 6.45) is 0.112. The van der Waals surface area contributed by atoms with Gasteiger partial charge in [0, 0.05) is 6.42 Å². The number of benzene rings is 1. The molecule has 0 aliphatic carbocycles. The molecule has 3 heteroatoms.